The molecule has 9 nitrogen and oxygen atoms in total. The minimum Gasteiger partial charge on any atom is -0.336 e. The number of carbonyl (C=O) groups is 1. The second-order valence-corrected chi connectivity index (χ2v) is 11.4. The molecule has 3 aromatic rings. The fraction of sp³-hybridized carbons (Fsp3) is 0.409. The molecule has 0 unspecified atom stereocenters. The van der Waals surface area contributed by atoms with E-state index in [1.165, 1.54) is 26.3 Å². The molecule has 0 saturated carbocycles. The number of aromatic nitrogens is 2. The second-order valence-electron chi connectivity index (χ2n) is 8.67. The summed E-state index contributed by atoms with van der Waals surface area (Å²) in [4.78, 5) is 34.6. The van der Waals surface area contributed by atoms with Gasteiger partial charge in [0.15, 0.2) is 4.96 Å². The highest BCUT2D eigenvalue weighted by Gasteiger charge is 2.33. The summed E-state index contributed by atoms with van der Waals surface area (Å²) < 4.78 is 27.2. The molecule has 11 heteroatoms. The lowest BCUT2D eigenvalue weighted by Crippen LogP contribution is -2.48. The van der Waals surface area contributed by atoms with Crippen molar-refractivity contribution in [2.45, 2.75) is 25.9 Å². The second kappa shape index (κ2) is 8.23. The molecule has 2 aromatic heterocycles. The van der Waals surface area contributed by atoms with Crippen molar-refractivity contribution in [2.75, 3.05) is 36.7 Å². The molecule has 2 aliphatic rings. The highest BCUT2D eigenvalue weighted by atomic mass is 32.2. The molecular weight excluding hydrogens is 462 g/mol. The van der Waals surface area contributed by atoms with Gasteiger partial charge < -0.3 is 4.90 Å². The molecule has 1 amide bonds. The van der Waals surface area contributed by atoms with E-state index in [4.69, 9.17) is 0 Å². The molecule has 1 aromatic carbocycles. The molecular formula is C22H25N5O4S2. The van der Waals surface area contributed by atoms with Crippen molar-refractivity contribution >= 4 is 37.9 Å². The fourth-order valence-corrected chi connectivity index (χ4v) is 6.73. The highest BCUT2D eigenvalue weighted by molar-refractivity contribution is 7.92. The van der Waals surface area contributed by atoms with Crippen LogP contribution in [0.15, 0.2) is 40.6 Å². The van der Waals surface area contributed by atoms with Crippen LogP contribution in [0, 0.1) is 0 Å². The third-order valence-electron chi connectivity index (χ3n) is 6.24. The molecule has 33 heavy (non-hydrogen) atoms. The molecule has 0 spiro atoms. The molecule has 1 atom stereocenters. The quantitative estimate of drug-likeness (QED) is 0.553. The Morgan fingerprint density at radius 2 is 1.94 bits per heavy atom. The monoisotopic (exact) mass is 487 g/mol. The van der Waals surface area contributed by atoms with Gasteiger partial charge in [-0.3, -0.25) is 23.2 Å². The van der Waals surface area contributed by atoms with E-state index in [-0.39, 0.29) is 17.5 Å². The van der Waals surface area contributed by atoms with Crippen LogP contribution < -0.4 is 9.86 Å². The van der Waals surface area contributed by atoms with Crippen LogP contribution in [0.3, 0.4) is 0 Å². The van der Waals surface area contributed by atoms with Crippen LogP contribution in [0.25, 0.3) is 4.96 Å². The summed E-state index contributed by atoms with van der Waals surface area (Å²) in [6.07, 6.45) is 3.53. The van der Waals surface area contributed by atoms with Crippen LogP contribution >= 0.6 is 11.3 Å². The van der Waals surface area contributed by atoms with Crippen molar-refractivity contribution in [1.29, 1.82) is 0 Å². The van der Waals surface area contributed by atoms with Crippen LogP contribution in [0.5, 0.6) is 0 Å². The van der Waals surface area contributed by atoms with Crippen molar-refractivity contribution in [2.24, 2.45) is 0 Å². The van der Waals surface area contributed by atoms with Gasteiger partial charge in [-0.25, -0.2) is 13.4 Å². The summed E-state index contributed by atoms with van der Waals surface area (Å²) in [5.41, 5.74) is 2.80. The zero-order valence-electron chi connectivity index (χ0n) is 18.5. The van der Waals surface area contributed by atoms with Gasteiger partial charge in [-0.2, -0.15) is 0 Å². The molecule has 174 valence electrons. The summed E-state index contributed by atoms with van der Waals surface area (Å²) in [5.74, 6) is -0.0423. The zero-order valence-corrected chi connectivity index (χ0v) is 20.1. The Morgan fingerprint density at radius 1 is 1.18 bits per heavy atom. The lowest BCUT2D eigenvalue weighted by molar-refractivity contribution is 0.0627. The SMILES string of the molecule is C[C@@H]1Cc2cc(C(=O)N3CCN(Cc4cc(=O)n5ccsc5n4)CC3)ccc2N1S(C)(=O)=O. The van der Waals surface area contributed by atoms with Crippen LogP contribution in [0.2, 0.25) is 0 Å². The zero-order chi connectivity index (χ0) is 23.3. The number of benzene rings is 1. The van der Waals surface area contributed by atoms with Gasteiger partial charge in [-0.15, -0.1) is 11.3 Å². The van der Waals surface area contributed by atoms with Crippen LogP contribution in [-0.2, 0) is 23.0 Å². The topological polar surface area (TPSA) is 95.3 Å². The van der Waals surface area contributed by atoms with E-state index in [0.717, 1.165) is 11.3 Å². The van der Waals surface area contributed by atoms with Crippen LogP contribution in [0.1, 0.15) is 28.5 Å². The lowest BCUT2D eigenvalue weighted by Gasteiger charge is -2.34. The van der Waals surface area contributed by atoms with E-state index >= 15 is 0 Å². The Bertz CT molecular complexity index is 1390. The van der Waals surface area contributed by atoms with Crippen LogP contribution in [-0.4, -0.2) is 72.0 Å². The number of fused-ring (bicyclic) bond motifs is 2. The largest absolute Gasteiger partial charge is 0.336 e. The number of amides is 1. The summed E-state index contributed by atoms with van der Waals surface area (Å²) >= 11 is 1.43. The van der Waals surface area contributed by atoms with E-state index in [2.05, 4.69) is 9.88 Å². The molecule has 0 aliphatic carbocycles. The van der Waals surface area contributed by atoms with E-state index in [1.54, 1.807) is 24.4 Å². The molecule has 0 N–H and O–H groups in total. The number of anilines is 1. The minimum atomic E-state index is -3.36. The number of hydrogen-bond donors (Lipinski definition) is 0. The smallest absolute Gasteiger partial charge is 0.258 e. The first-order chi connectivity index (χ1) is 15.7. The van der Waals surface area contributed by atoms with Gasteiger partial charge in [0.05, 0.1) is 17.6 Å². The predicted molar refractivity (Wildman–Crippen MR) is 127 cm³/mol. The first-order valence-corrected chi connectivity index (χ1v) is 13.5. The minimum absolute atomic E-state index is 0.0423. The van der Waals surface area contributed by atoms with E-state index in [0.29, 0.717) is 55.4 Å². The number of rotatable bonds is 4. The molecule has 4 heterocycles. The van der Waals surface area contributed by atoms with Crippen molar-refractivity contribution in [3.8, 4) is 0 Å². The number of thiazole rings is 1. The molecule has 5 rings (SSSR count). The molecule has 1 fully saturated rings. The Balaban J connectivity index is 1.25. The third-order valence-corrected chi connectivity index (χ3v) is 8.27. The Morgan fingerprint density at radius 3 is 2.67 bits per heavy atom. The Kier molecular flexibility index (Phi) is 5.50. The van der Waals surface area contributed by atoms with Gasteiger partial charge in [-0.1, -0.05) is 0 Å². The number of sulfonamides is 1. The summed E-state index contributed by atoms with van der Waals surface area (Å²) in [5, 5.41) is 1.84. The number of carbonyl (C=O) groups excluding carboxylic acids is 1. The fourth-order valence-electron chi connectivity index (χ4n) is 4.73. The van der Waals surface area contributed by atoms with Gasteiger partial charge in [0.1, 0.15) is 0 Å². The molecule has 2 aliphatic heterocycles. The summed E-state index contributed by atoms with van der Waals surface area (Å²) in [6, 6.07) is 6.71. The molecule has 0 bridgehead atoms. The van der Waals surface area contributed by atoms with Crippen molar-refractivity contribution < 1.29 is 13.2 Å². The Hall–Kier alpha value is -2.76. The third kappa shape index (κ3) is 4.16. The molecule has 0 radical (unpaired) electrons. The first-order valence-electron chi connectivity index (χ1n) is 10.8. The molecule has 1 saturated heterocycles. The number of hydrogen-bond acceptors (Lipinski definition) is 7. The van der Waals surface area contributed by atoms with Crippen molar-refractivity contribution in [1.82, 2.24) is 19.2 Å². The predicted octanol–water partition coefficient (Wildman–Crippen LogP) is 1.42. The van der Waals surface area contributed by atoms with E-state index < -0.39 is 10.0 Å². The maximum atomic E-state index is 13.1. The van der Waals surface area contributed by atoms with Crippen molar-refractivity contribution in [3.63, 3.8) is 0 Å². The number of piperazine rings is 1. The van der Waals surface area contributed by atoms with Gasteiger partial charge in [0, 0.05) is 62.0 Å². The van der Waals surface area contributed by atoms with Gasteiger partial charge >= 0.3 is 0 Å². The van der Waals surface area contributed by atoms with Crippen molar-refractivity contribution in [3.05, 3.63) is 63.0 Å². The van der Waals surface area contributed by atoms with E-state index in [9.17, 15) is 18.0 Å². The standard InChI is InChI=1S/C22H25N5O4S2/c1-15-11-17-12-16(3-4-19(17)27(15)33(2,30)31)21(29)25-7-5-24(6-8-25)14-18-13-20(28)26-9-10-32-22(26)23-18/h3-4,9-10,12-13,15H,5-8,11,14H2,1-2H3/t15-/m1/s1. The van der Waals surface area contributed by atoms with Gasteiger partial charge in [-0.05, 0) is 37.1 Å². The van der Waals surface area contributed by atoms with E-state index in [1.807, 2.05) is 23.3 Å². The summed E-state index contributed by atoms with van der Waals surface area (Å²) in [7, 11) is -3.36. The summed E-state index contributed by atoms with van der Waals surface area (Å²) in [6.45, 7) is 5.01. The highest BCUT2D eigenvalue weighted by Crippen LogP contribution is 2.35. The maximum Gasteiger partial charge on any atom is 0.258 e. The Labute approximate surface area is 195 Å². The average Bonchev–Trinajstić information content (AvgIpc) is 3.36. The normalized spacial score (nSPS) is 19.3. The van der Waals surface area contributed by atoms with Gasteiger partial charge in [0.2, 0.25) is 10.0 Å². The first kappa shape index (κ1) is 22.1. The van der Waals surface area contributed by atoms with Gasteiger partial charge in [0.25, 0.3) is 11.5 Å². The maximum absolute atomic E-state index is 13.1. The lowest BCUT2D eigenvalue weighted by atomic mass is 10.1. The number of nitrogens with zero attached hydrogens (tertiary/aromatic N) is 5. The average molecular weight is 488 g/mol. The van der Waals surface area contributed by atoms with Crippen LogP contribution in [0.4, 0.5) is 5.69 Å².